The molecule has 2 N–H and O–H groups in total. The molecule has 3 rings (SSSR count). The van der Waals surface area contributed by atoms with Crippen molar-refractivity contribution in [1.82, 2.24) is 10.6 Å². The van der Waals surface area contributed by atoms with E-state index in [9.17, 15) is 8.78 Å². The highest BCUT2D eigenvalue weighted by molar-refractivity contribution is 14.0. The molecule has 0 aromatic heterocycles. The van der Waals surface area contributed by atoms with Gasteiger partial charge in [-0.15, -0.1) is 24.0 Å². The van der Waals surface area contributed by atoms with Gasteiger partial charge in [0, 0.05) is 36.7 Å². The van der Waals surface area contributed by atoms with Gasteiger partial charge in [-0.05, 0) is 38.8 Å². The fraction of sp³-hybridized carbons (Fsp3) is 0.632. The molecule has 1 aliphatic heterocycles. The molecule has 2 aliphatic rings. The second-order valence-electron chi connectivity index (χ2n) is 6.92. The number of hydrogen-bond donors (Lipinski definition) is 2. The van der Waals surface area contributed by atoms with Crippen molar-refractivity contribution in [2.45, 2.75) is 50.8 Å². The standard InChI is InChI=1S/C19H27F2N3O2.HI/c1-3-22-19(23-12(2)10-26-13-7-8-25-11-13)24-17-9-14(17)18-15(20)5-4-6-16(18)21;/h4-6,12-14,17H,3,7-11H2,1-2H3,(H2,22,23,24);1H. The highest BCUT2D eigenvalue weighted by Gasteiger charge is 2.42. The molecule has 1 saturated carbocycles. The van der Waals surface area contributed by atoms with Gasteiger partial charge in [0.15, 0.2) is 5.96 Å². The Labute approximate surface area is 176 Å². The topological polar surface area (TPSA) is 54.9 Å². The van der Waals surface area contributed by atoms with Gasteiger partial charge in [0.2, 0.25) is 0 Å². The van der Waals surface area contributed by atoms with Gasteiger partial charge in [0.25, 0.3) is 0 Å². The quantitative estimate of drug-likeness (QED) is 0.347. The molecule has 27 heavy (non-hydrogen) atoms. The lowest BCUT2D eigenvalue weighted by Gasteiger charge is -2.20. The molecule has 152 valence electrons. The van der Waals surface area contributed by atoms with Crippen molar-refractivity contribution in [1.29, 1.82) is 0 Å². The van der Waals surface area contributed by atoms with Crippen molar-refractivity contribution in [3.8, 4) is 0 Å². The van der Waals surface area contributed by atoms with Crippen molar-refractivity contribution in [2.24, 2.45) is 4.99 Å². The highest BCUT2D eigenvalue weighted by Crippen LogP contribution is 2.43. The molecule has 4 atom stereocenters. The van der Waals surface area contributed by atoms with Crippen molar-refractivity contribution >= 4 is 29.9 Å². The van der Waals surface area contributed by atoms with Crippen LogP contribution in [0.25, 0.3) is 0 Å². The Morgan fingerprint density at radius 2 is 2.11 bits per heavy atom. The van der Waals surface area contributed by atoms with E-state index < -0.39 is 11.6 Å². The Morgan fingerprint density at radius 3 is 2.74 bits per heavy atom. The van der Waals surface area contributed by atoms with Gasteiger partial charge in [-0.25, -0.2) is 8.78 Å². The molecule has 8 heteroatoms. The summed E-state index contributed by atoms with van der Waals surface area (Å²) in [7, 11) is 0. The van der Waals surface area contributed by atoms with Crippen LogP contribution in [0.1, 0.15) is 38.2 Å². The molecule has 1 saturated heterocycles. The van der Waals surface area contributed by atoms with Crippen molar-refractivity contribution in [3.05, 3.63) is 35.4 Å². The summed E-state index contributed by atoms with van der Waals surface area (Å²) >= 11 is 0. The summed E-state index contributed by atoms with van der Waals surface area (Å²) < 4.78 is 39.0. The molecule has 2 fully saturated rings. The predicted octanol–water partition coefficient (Wildman–Crippen LogP) is 3.19. The third-order valence-corrected chi connectivity index (χ3v) is 4.65. The van der Waals surface area contributed by atoms with Crippen LogP contribution in [-0.2, 0) is 9.47 Å². The first kappa shape index (κ1) is 22.3. The van der Waals surface area contributed by atoms with Crippen LogP contribution in [0.3, 0.4) is 0 Å². The molecule has 0 radical (unpaired) electrons. The summed E-state index contributed by atoms with van der Waals surface area (Å²) in [5.74, 6) is -0.485. The molecular weight excluding hydrogens is 467 g/mol. The smallest absolute Gasteiger partial charge is 0.191 e. The van der Waals surface area contributed by atoms with Crippen molar-refractivity contribution in [3.63, 3.8) is 0 Å². The van der Waals surface area contributed by atoms with Crippen LogP contribution < -0.4 is 10.6 Å². The van der Waals surface area contributed by atoms with Crippen LogP contribution in [0.4, 0.5) is 8.78 Å². The van der Waals surface area contributed by atoms with Crippen molar-refractivity contribution in [2.75, 3.05) is 26.4 Å². The van der Waals surface area contributed by atoms with Gasteiger partial charge in [-0.1, -0.05) is 6.07 Å². The summed E-state index contributed by atoms with van der Waals surface area (Å²) in [6.07, 6.45) is 1.78. The number of ether oxygens (including phenoxy) is 2. The van der Waals surface area contributed by atoms with Gasteiger partial charge in [-0.3, -0.25) is 4.99 Å². The molecular formula is C19H28F2IN3O2. The molecule has 1 heterocycles. The first-order valence-electron chi connectivity index (χ1n) is 9.29. The molecule has 1 aliphatic carbocycles. The van der Waals surface area contributed by atoms with Gasteiger partial charge in [-0.2, -0.15) is 0 Å². The minimum Gasteiger partial charge on any atom is -0.379 e. The number of guanidine groups is 1. The average molecular weight is 495 g/mol. The van der Waals surface area contributed by atoms with Crippen LogP contribution >= 0.6 is 24.0 Å². The molecule has 0 spiro atoms. The van der Waals surface area contributed by atoms with E-state index in [1.54, 1.807) is 0 Å². The largest absolute Gasteiger partial charge is 0.379 e. The first-order chi connectivity index (χ1) is 12.6. The van der Waals surface area contributed by atoms with Crippen LogP contribution in [0.2, 0.25) is 0 Å². The fourth-order valence-electron chi connectivity index (χ4n) is 3.20. The Morgan fingerprint density at radius 1 is 1.37 bits per heavy atom. The number of hydrogen-bond acceptors (Lipinski definition) is 3. The highest BCUT2D eigenvalue weighted by atomic mass is 127. The van der Waals surface area contributed by atoms with Crippen LogP contribution in [-0.4, -0.2) is 50.5 Å². The van der Waals surface area contributed by atoms with Gasteiger partial charge >= 0.3 is 0 Å². The van der Waals surface area contributed by atoms with E-state index in [0.29, 0.717) is 32.1 Å². The summed E-state index contributed by atoms with van der Waals surface area (Å²) in [5.41, 5.74) is 0.165. The Balaban J connectivity index is 0.00000261. The summed E-state index contributed by atoms with van der Waals surface area (Å²) in [6.45, 7) is 6.54. The average Bonchev–Trinajstić information content (AvgIpc) is 3.13. The lowest BCUT2D eigenvalue weighted by Crippen LogP contribution is -2.45. The lowest BCUT2D eigenvalue weighted by molar-refractivity contribution is 0.0347. The third kappa shape index (κ3) is 6.25. The van der Waals surface area contributed by atoms with Gasteiger partial charge in [0.05, 0.1) is 19.3 Å². The maximum atomic E-state index is 13.9. The SMILES string of the molecule is CCN=C(NC(C)COC1CCOC1)NC1CC1c1c(F)cccc1F.I. The maximum absolute atomic E-state index is 13.9. The zero-order valence-corrected chi connectivity index (χ0v) is 18.0. The molecule has 5 nitrogen and oxygen atoms in total. The summed E-state index contributed by atoms with van der Waals surface area (Å²) in [5, 5.41) is 6.58. The molecule has 1 aromatic rings. The van der Waals surface area contributed by atoms with E-state index in [4.69, 9.17) is 9.47 Å². The molecule has 1 aromatic carbocycles. The van der Waals surface area contributed by atoms with E-state index >= 15 is 0 Å². The second-order valence-corrected chi connectivity index (χ2v) is 6.92. The number of aliphatic imine (C=N–C) groups is 1. The zero-order chi connectivity index (χ0) is 18.5. The number of rotatable bonds is 7. The Hall–Kier alpha value is -1.000. The van der Waals surface area contributed by atoms with Crippen LogP contribution in [0.5, 0.6) is 0 Å². The Bertz CT molecular complexity index is 621. The second kappa shape index (κ2) is 10.5. The van der Waals surface area contributed by atoms with Crippen molar-refractivity contribution < 1.29 is 18.3 Å². The summed E-state index contributed by atoms with van der Waals surface area (Å²) in [6, 6.07) is 4.05. The maximum Gasteiger partial charge on any atom is 0.191 e. The Kier molecular flexibility index (Phi) is 8.68. The minimum absolute atomic E-state index is 0. The number of benzene rings is 1. The van der Waals surface area contributed by atoms with Gasteiger partial charge < -0.3 is 20.1 Å². The number of nitrogens with zero attached hydrogens (tertiary/aromatic N) is 1. The molecule has 4 unspecified atom stereocenters. The number of nitrogens with one attached hydrogen (secondary N) is 2. The first-order valence-corrected chi connectivity index (χ1v) is 9.29. The van der Waals surface area contributed by atoms with E-state index in [-0.39, 0.29) is 53.6 Å². The molecule has 0 bridgehead atoms. The van der Waals surface area contributed by atoms with Crippen LogP contribution in [0.15, 0.2) is 23.2 Å². The fourth-order valence-corrected chi connectivity index (χ4v) is 3.20. The zero-order valence-electron chi connectivity index (χ0n) is 15.7. The van der Waals surface area contributed by atoms with E-state index in [1.807, 2.05) is 13.8 Å². The summed E-state index contributed by atoms with van der Waals surface area (Å²) in [4.78, 5) is 4.42. The van der Waals surface area contributed by atoms with Gasteiger partial charge in [0.1, 0.15) is 11.6 Å². The molecule has 0 amide bonds. The van der Waals surface area contributed by atoms with Crippen LogP contribution in [0, 0.1) is 11.6 Å². The van der Waals surface area contributed by atoms with E-state index in [2.05, 4.69) is 15.6 Å². The van der Waals surface area contributed by atoms with E-state index in [1.165, 1.54) is 18.2 Å². The minimum atomic E-state index is -0.484. The monoisotopic (exact) mass is 495 g/mol. The predicted molar refractivity (Wildman–Crippen MR) is 112 cm³/mol. The number of halogens is 3. The van der Waals surface area contributed by atoms with E-state index in [0.717, 1.165) is 13.0 Å². The normalized spacial score (nSPS) is 25.6. The lowest BCUT2D eigenvalue weighted by atomic mass is 10.1. The third-order valence-electron chi connectivity index (χ3n) is 4.65.